The lowest BCUT2D eigenvalue weighted by atomic mass is 10.3. The van der Waals surface area contributed by atoms with Crippen molar-refractivity contribution in [3.8, 4) is 0 Å². The number of anilines is 1. The minimum absolute atomic E-state index is 0.00136. The maximum Gasteiger partial charge on any atom is 0.288 e. The highest BCUT2D eigenvalue weighted by molar-refractivity contribution is 7.99. The summed E-state index contributed by atoms with van der Waals surface area (Å²) in [5, 5.41) is 2.62. The molecule has 0 atom stereocenters. The number of ether oxygens (including phenoxy) is 1. The van der Waals surface area contributed by atoms with E-state index in [2.05, 4.69) is 5.32 Å². The van der Waals surface area contributed by atoms with Crippen LogP contribution in [0.15, 0.2) is 29.2 Å². The molecule has 6 heteroatoms. The number of amides is 1. The van der Waals surface area contributed by atoms with Crippen LogP contribution >= 0.6 is 11.8 Å². The van der Waals surface area contributed by atoms with E-state index in [4.69, 9.17) is 4.74 Å². The molecule has 0 saturated heterocycles. The third kappa shape index (κ3) is 5.97. The summed E-state index contributed by atoms with van der Waals surface area (Å²) in [5.41, 5.74) is 0.568. The molecule has 0 saturated carbocycles. The molecule has 0 heterocycles. The molecule has 18 heavy (non-hydrogen) atoms. The lowest BCUT2D eigenvalue weighted by Gasteiger charge is -2.06. The van der Waals surface area contributed by atoms with E-state index >= 15 is 0 Å². The van der Waals surface area contributed by atoms with Crippen LogP contribution in [-0.2, 0) is 9.53 Å². The predicted octanol–water partition coefficient (Wildman–Crippen LogP) is 3.37. The van der Waals surface area contributed by atoms with Gasteiger partial charge in [0.2, 0.25) is 5.91 Å². The van der Waals surface area contributed by atoms with E-state index in [-0.39, 0.29) is 12.5 Å². The van der Waals surface area contributed by atoms with Gasteiger partial charge in [0, 0.05) is 17.2 Å². The van der Waals surface area contributed by atoms with Gasteiger partial charge < -0.3 is 10.1 Å². The molecule has 0 unspecified atom stereocenters. The van der Waals surface area contributed by atoms with Gasteiger partial charge in [0.05, 0.1) is 0 Å². The number of alkyl halides is 2. The second-order valence-corrected chi connectivity index (χ2v) is 4.57. The highest BCUT2D eigenvalue weighted by atomic mass is 32.2. The van der Waals surface area contributed by atoms with E-state index in [0.29, 0.717) is 29.0 Å². The largest absolute Gasteiger partial charge is 0.372 e. The number of hydrogen-bond donors (Lipinski definition) is 1. The maximum atomic E-state index is 12.1. The summed E-state index contributed by atoms with van der Waals surface area (Å²) < 4.78 is 29.2. The number of halogens is 2. The van der Waals surface area contributed by atoms with E-state index in [0.717, 1.165) is 6.42 Å². The molecule has 0 aliphatic carbocycles. The van der Waals surface area contributed by atoms with E-state index in [9.17, 15) is 13.6 Å². The Kier molecular flexibility index (Phi) is 6.67. The van der Waals surface area contributed by atoms with Crippen LogP contribution in [0.4, 0.5) is 14.5 Å². The highest BCUT2D eigenvalue weighted by Gasteiger charge is 2.06. The van der Waals surface area contributed by atoms with Crippen LogP contribution in [0.2, 0.25) is 0 Å². The fourth-order valence-electron chi connectivity index (χ4n) is 1.23. The Bertz CT molecular complexity index is 371. The molecule has 1 aromatic carbocycles. The third-order valence-corrected chi connectivity index (χ3v) is 2.67. The Hall–Kier alpha value is -1.14. The fourth-order valence-corrected chi connectivity index (χ4v) is 1.72. The van der Waals surface area contributed by atoms with Crippen molar-refractivity contribution >= 4 is 23.4 Å². The first-order valence-corrected chi connectivity index (χ1v) is 6.42. The number of carbonyl (C=O) groups excluding carboxylic acids is 1. The minimum Gasteiger partial charge on any atom is -0.372 e. The molecule has 3 nitrogen and oxygen atoms in total. The highest BCUT2D eigenvalue weighted by Crippen LogP contribution is 2.26. The quantitative estimate of drug-likeness (QED) is 0.612. The molecule has 0 bridgehead atoms. The summed E-state index contributed by atoms with van der Waals surface area (Å²) in [6, 6.07) is 6.25. The summed E-state index contributed by atoms with van der Waals surface area (Å²) in [7, 11) is 0. The van der Waals surface area contributed by atoms with E-state index in [1.807, 2.05) is 6.92 Å². The first kappa shape index (κ1) is 14.9. The zero-order chi connectivity index (χ0) is 13.4. The average molecular weight is 275 g/mol. The van der Waals surface area contributed by atoms with Crippen molar-refractivity contribution in [3.63, 3.8) is 0 Å². The van der Waals surface area contributed by atoms with Crippen LogP contribution in [0.25, 0.3) is 0 Å². The second kappa shape index (κ2) is 8.05. The number of carbonyl (C=O) groups is 1. The van der Waals surface area contributed by atoms with Gasteiger partial charge in [0.25, 0.3) is 5.76 Å². The van der Waals surface area contributed by atoms with Crippen molar-refractivity contribution in [3.05, 3.63) is 24.3 Å². The monoisotopic (exact) mass is 275 g/mol. The Morgan fingerprint density at radius 1 is 1.39 bits per heavy atom. The van der Waals surface area contributed by atoms with Crippen LogP contribution in [0.1, 0.15) is 13.3 Å². The zero-order valence-corrected chi connectivity index (χ0v) is 10.8. The number of nitrogens with one attached hydrogen (secondary N) is 1. The minimum atomic E-state index is -2.44. The zero-order valence-electron chi connectivity index (χ0n) is 9.99. The van der Waals surface area contributed by atoms with Gasteiger partial charge in [0.1, 0.15) is 6.61 Å². The fraction of sp³-hybridized carbons (Fsp3) is 0.417. The lowest BCUT2D eigenvalue weighted by molar-refractivity contribution is -0.120. The molecular weight excluding hydrogens is 260 g/mol. The predicted molar refractivity (Wildman–Crippen MR) is 68.0 cm³/mol. The summed E-state index contributed by atoms with van der Waals surface area (Å²) in [5.74, 6) is -2.69. The Morgan fingerprint density at radius 3 is 2.61 bits per heavy atom. The standard InChI is InChI=1S/C12H15F2NO2S/c1-2-7-17-8-11(16)15-9-3-5-10(6-4-9)18-12(13)14/h3-6,12H,2,7-8H2,1H3,(H,15,16). The van der Waals surface area contributed by atoms with Crippen LogP contribution in [0.5, 0.6) is 0 Å². The molecule has 0 spiro atoms. The van der Waals surface area contributed by atoms with Gasteiger partial charge in [-0.05, 0) is 30.7 Å². The maximum absolute atomic E-state index is 12.1. The normalized spacial score (nSPS) is 10.7. The van der Waals surface area contributed by atoms with E-state index in [1.165, 1.54) is 0 Å². The second-order valence-electron chi connectivity index (χ2n) is 3.50. The van der Waals surface area contributed by atoms with Crippen LogP contribution in [0.3, 0.4) is 0 Å². The summed E-state index contributed by atoms with van der Waals surface area (Å²) >= 11 is 0.472. The molecular formula is C12H15F2NO2S. The van der Waals surface area contributed by atoms with Gasteiger partial charge in [-0.15, -0.1) is 0 Å². The smallest absolute Gasteiger partial charge is 0.288 e. The van der Waals surface area contributed by atoms with Crippen molar-refractivity contribution in [1.29, 1.82) is 0 Å². The average Bonchev–Trinajstić information content (AvgIpc) is 2.31. The van der Waals surface area contributed by atoms with Crippen LogP contribution < -0.4 is 5.32 Å². The topological polar surface area (TPSA) is 38.3 Å². The molecule has 1 amide bonds. The molecule has 1 aromatic rings. The summed E-state index contributed by atoms with van der Waals surface area (Å²) in [6.45, 7) is 2.50. The van der Waals surface area contributed by atoms with Crippen molar-refractivity contribution in [2.45, 2.75) is 24.0 Å². The summed E-state index contributed by atoms with van der Waals surface area (Å²) in [6.07, 6.45) is 0.854. The molecule has 1 N–H and O–H groups in total. The van der Waals surface area contributed by atoms with Gasteiger partial charge in [-0.1, -0.05) is 18.7 Å². The van der Waals surface area contributed by atoms with Gasteiger partial charge in [0.15, 0.2) is 0 Å². The number of benzene rings is 1. The molecule has 1 rings (SSSR count). The van der Waals surface area contributed by atoms with Crippen molar-refractivity contribution in [2.75, 3.05) is 18.5 Å². The molecule has 0 aliphatic rings. The molecule has 100 valence electrons. The van der Waals surface area contributed by atoms with Gasteiger partial charge in [-0.3, -0.25) is 4.79 Å². The van der Waals surface area contributed by atoms with Crippen molar-refractivity contribution in [1.82, 2.24) is 0 Å². The van der Waals surface area contributed by atoms with Crippen molar-refractivity contribution in [2.24, 2.45) is 0 Å². The molecule has 0 fully saturated rings. The van der Waals surface area contributed by atoms with E-state index in [1.54, 1.807) is 24.3 Å². The Morgan fingerprint density at radius 2 is 2.06 bits per heavy atom. The van der Waals surface area contributed by atoms with Gasteiger partial charge in [-0.25, -0.2) is 0 Å². The van der Waals surface area contributed by atoms with Crippen LogP contribution in [-0.4, -0.2) is 24.9 Å². The van der Waals surface area contributed by atoms with Crippen LogP contribution in [0, 0.1) is 0 Å². The SMILES string of the molecule is CCCOCC(=O)Nc1ccc(SC(F)F)cc1. The first-order valence-electron chi connectivity index (χ1n) is 5.54. The lowest BCUT2D eigenvalue weighted by Crippen LogP contribution is -2.18. The first-order chi connectivity index (χ1) is 8.61. The van der Waals surface area contributed by atoms with Gasteiger partial charge in [-0.2, -0.15) is 8.78 Å². The number of thioether (sulfide) groups is 1. The number of rotatable bonds is 7. The molecule has 0 aliphatic heterocycles. The summed E-state index contributed by atoms with van der Waals surface area (Å²) in [4.78, 5) is 11.9. The van der Waals surface area contributed by atoms with Gasteiger partial charge >= 0.3 is 0 Å². The molecule has 0 radical (unpaired) electrons. The molecule has 0 aromatic heterocycles. The van der Waals surface area contributed by atoms with Crippen molar-refractivity contribution < 1.29 is 18.3 Å². The Balaban J connectivity index is 2.40. The van der Waals surface area contributed by atoms with E-state index < -0.39 is 5.76 Å². The third-order valence-electron chi connectivity index (χ3n) is 1.94. The number of hydrogen-bond acceptors (Lipinski definition) is 3. The Labute approximate surface area is 109 Å².